The zero-order valence-electron chi connectivity index (χ0n) is 11.7. The third-order valence-corrected chi connectivity index (χ3v) is 3.96. The number of esters is 1. The highest BCUT2D eigenvalue weighted by atomic mass is 32.2. The van der Waals surface area contributed by atoms with Gasteiger partial charge in [-0.25, -0.2) is 9.59 Å². The predicted octanol–water partition coefficient (Wildman–Crippen LogP) is 0.493. The fourth-order valence-corrected chi connectivity index (χ4v) is 2.93. The molecule has 1 unspecified atom stereocenters. The molecule has 7 nitrogen and oxygen atoms in total. The van der Waals surface area contributed by atoms with Crippen molar-refractivity contribution in [2.75, 3.05) is 37.7 Å². The largest absolute Gasteiger partial charge is 0.480 e. The Hall–Kier alpha value is -1.44. The van der Waals surface area contributed by atoms with E-state index < -0.39 is 24.0 Å². The molecule has 2 amide bonds. The van der Waals surface area contributed by atoms with E-state index >= 15 is 0 Å². The van der Waals surface area contributed by atoms with Crippen molar-refractivity contribution >= 4 is 29.7 Å². The number of amides is 2. The van der Waals surface area contributed by atoms with Gasteiger partial charge in [0.1, 0.15) is 12.6 Å². The van der Waals surface area contributed by atoms with Gasteiger partial charge in [0.2, 0.25) is 0 Å². The highest BCUT2D eigenvalue weighted by Crippen LogP contribution is 2.18. The van der Waals surface area contributed by atoms with Gasteiger partial charge in [-0.3, -0.25) is 4.79 Å². The van der Waals surface area contributed by atoms with Crippen LogP contribution in [-0.4, -0.2) is 76.7 Å². The molecule has 1 heterocycles. The maximum Gasteiger partial charge on any atom is 0.327 e. The van der Waals surface area contributed by atoms with Gasteiger partial charge >= 0.3 is 18.0 Å². The Morgan fingerprint density at radius 3 is 2.65 bits per heavy atom. The van der Waals surface area contributed by atoms with E-state index in [-0.39, 0.29) is 13.2 Å². The molecular weight excluding hydrogens is 284 g/mol. The summed E-state index contributed by atoms with van der Waals surface area (Å²) in [5, 5.41) is 9.16. The van der Waals surface area contributed by atoms with Gasteiger partial charge in [-0.2, -0.15) is 11.8 Å². The molecule has 0 aromatic rings. The molecule has 0 aromatic carbocycles. The number of carboxylic acid groups (broad SMARTS) is 1. The number of hydrogen-bond acceptors (Lipinski definition) is 5. The molecule has 1 aliphatic heterocycles. The average molecular weight is 304 g/mol. The maximum atomic E-state index is 12.4. The number of carbonyl (C=O) groups is 3. The molecule has 1 rings (SSSR count). The van der Waals surface area contributed by atoms with Crippen LogP contribution in [0.3, 0.4) is 0 Å². The molecule has 0 saturated carbocycles. The minimum Gasteiger partial charge on any atom is -0.480 e. The van der Waals surface area contributed by atoms with Crippen molar-refractivity contribution in [2.24, 2.45) is 0 Å². The minimum absolute atomic E-state index is 0.154. The van der Waals surface area contributed by atoms with Crippen LogP contribution >= 0.6 is 11.8 Å². The van der Waals surface area contributed by atoms with Crippen LogP contribution in [0.25, 0.3) is 0 Å². The van der Waals surface area contributed by atoms with E-state index in [1.54, 1.807) is 13.8 Å². The van der Waals surface area contributed by atoms with E-state index in [9.17, 15) is 14.4 Å². The Bertz CT molecular complexity index is 377. The standard InChI is InChI=1S/C12H20N2O5S/c1-3-13(7-10(15)19-4-2)12(18)14-5-6-20-8-9(14)11(16)17/h9H,3-8H2,1-2H3,(H,16,17). The van der Waals surface area contributed by atoms with Crippen LogP contribution in [0.15, 0.2) is 0 Å². The quantitative estimate of drug-likeness (QED) is 0.744. The van der Waals surface area contributed by atoms with E-state index in [2.05, 4.69) is 0 Å². The van der Waals surface area contributed by atoms with E-state index in [0.29, 0.717) is 24.6 Å². The van der Waals surface area contributed by atoms with Crippen molar-refractivity contribution in [3.05, 3.63) is 0 Å². The second kappa shape index (κ2) is 7.98. The van der Waals surface area contributed by atoms with Gasteiger partial charge in [-0.1, -0.05) is 0 Å². The van der Waals surface area contributed by atoms with Crippen molar-refractivity contribution in [1.29, 1.82) is 0 Å². The lowest BCUT2D eigenvalue weighted by molar-refractivity contribution is -0.143. The number of carboxylic acids is 1. The van der Waals surface area contributed by atoms with Crippen molar-refractivity contribution in [3.63, 3.8) is 0 Å². The average Bonchev–Trinajstić information content (AvgIpc) is 2.44. The number of hydrogen-bond donors (Lipinski definition) is 1. The third-order valence-electron chi connectivity index (χ3n) is 2.94. The first-order valence-corrected chi connectivity index (χ1v) is 7.68. The summed E-state index contributed by atoms with van der Waals surface area (Å²) in [6.45, 7) is 4.24. The van der Waals surface area contributed by atoms with E-state index in [0.717, 1.165) is 0 Å². The van der Waals surface area contributed by atoms with Crippen LogP contribution in [0.2, 0.25) is 0 Å². The molecule has 1 fully saturated rings. The molecule has 1 saturated heterocycles. The van der Waals surface area contributed by atoms with Crippen LogP contribution < -0.4 is 0 Å². The fraction of sp³-hybridized carbons (Fsp3) is 0.750. The number of aliphatic carboxylic acids is 1. The van der Waals surface area contributed by atoms with E-state index in [1.165, 1.54) is 21.6 Å². The predicted molar refractivity (Wildman–Crippen MR) is 74.7 cm³/mol. The summed E-state index contributed by atoms with van der Waals surface area (Å²) in [7, 11) is 0. The first kappa shape index (κ1) is 16.6. The molecule has 0 spiro atoms. The molecule has 114 valence electrons. The number of rotatable bonds is 5. The minimum atomic E-state index is -1.02. The Labute approximate surface area is 122 Å². The highest BCUT2D eigenvalue weighted by molar-refractivity contribution is 7.99. The van der Waals surface area contributed by atoms with E-state index in [4.69, 9.17) is 9.84 Å². The Balaban J connectivity index is 2.72. The topological polar surface area (TPSA) is 87.2 Å². The molecule has 20 heavy (non-hydrogen) atoms. The van der Waals surface area contributed by atoms with Gasteiger partial charge < -0.3 is 19.6 Å². The summed E-state index contributed by atoms with van der Waals surface area (Å²) in [5.74, 6) is -0.427. The lowest BCUT2D eigenvalue weighted by Crippen LogP contribution is -2.55. The third kappa shape index (κ3) is 4.29. The number of carbonyl (C=O) groups excluding carboxylic acids is 2. The second-order valence-corrected chi connectivity index (χ2v) is 5.37. The van der Waals surface area contributed by atoms with Gasteiger partial charge in [0.25, 0.3) is 0 Å². The Morgan fingerprint density at radius 2 is 2.10 bits per heavy atom. The number of thioether (sulfide) groups is 1. The lowest BCUT2D eigenvalue weighted by atomic mass is 10.3. The summed E-state index contributed by atoms with van der Waals surface area (Å²) < 4.78 is 4.81. The van der Waals surface area contributed by atoms with Crippen LogP contribution in [0.5, 0.6) is 0 Å². The van der Waals surface area contributed by atoms with Gasteiger partial charge in [0.15, 0.2) is 0 Å². The monoisotopic (exact) mass is 304 g/mol. The summed E-state index contributed by atoms with van der Waals surface area (Å²) in [6.07, 6.45) is 0. The molecular formula is C12H20N2O5S. The first-order chi connectivity index (χ1) is 9.51. The smallest absolute Gasteiger partial charge is 0.327 e. The van der Waals surface area contributed by atoms with Crippen LogP contribution in [0, 0.1) is 0 Å². The number of urea groups is 1. The number of ether oxygens (including phenoxy) is 1. The normalized spacial score (nSPS) is 18.5. The van der Waals surface area contributed by atoms with Crippen molar-refractivity contribution in [3.8, 4) is 0 Å². The molecule has 0 aromatic heterocycles. The van der Waals surface area contributed by atoms with Gasteiger partial charge in [-0.05, 0) is 13.8 Å². The number of nitrogens with zero attached hydrogens (tertiary/aromatic N) is 2. The fourth-order valence-electron chi connectivity index (χ4n) is 1.90. The van der Waals surface area contributed by atoms with Gasteiger partial charge in [0.05, 0.1) is 6.61 Å². The Morgan fingerprint density at radius 1 is 1.40 bits per heavy atom. The summed E-state index contributed by atoms with van der Waals surface area (Å²) in [6, 6.07) is -1.26. The van der Waals surface area contributed by atoms with Gasteiger partial charge in [-0.15, -0.1) is 0 Å². The van der Waals surface area contributed by atoms with Crippen molar-refractivity contribution in [2.45, 2.75) is 19.9 Å². The summed E-state index contributed by atoms with van der Waals surface area (Å²) in [5.41, 5.74) is 0. The number of likely N-dealkylation sites (N-methyl/N-ethyl adjacent to an activating group) is 1. The maximum absolute atomic E-state index is 12.4. The molecule has 1 aliphatic rings. The first-order valence-electron chi connectivity index (χ1n) is 6.52. The van der Waals surface area contributed by atoms with Gasteiger partial charge in [0, 0.05) is 24.6 Å². The van der Waals surface area contributed by atoms with Crippen molar-refractivity contribution in [1.82, 2.24) is 9.80 Å². The molecule has 0 radical (unpaired) electrons. The van der Waals surface area contributed by atoms with Crippen LogP contribution in [-0.2, 0) is 14.3 Å². The highest BCUT2D eigenvalue weighted by Gasteiger charge is 2.34. The SMILES string of the molecule is CCOC(=O)CN(CC)C(=O)N1CCSCC1C(=O)O. The van der Waals surface area contributed by atoms with Crippen LogP contribution in [0.1, 0.15) is 13.8 Å². The molecule has 0 aliphatic carbocycles. The summed E-state index contributed by atoms with van der Waals surface area (Å²) >= 11 is 1.51. The van der Waals surface area contributed by atoms with E-state index in [1.807, 2.05) is 0 Å². The molecule has 8 heteroatoms. The second-order valence-electron chi connectivity index (χ2n) is 4.22. The Kier molecular flexibility index (Phi) is 6.63. The van der Waals surface area contributed by atoms with Crippen LogP contribution in [0.4, 0.5) is 4.79 Å². The lowest BCUT2D eigenvalue weighted by Gasteiger charge is -2.36. The zero-order valence-corrected chi connectivity index (χ0v) is 12.5. The molecule has 1 N–H and O–H groups in total. The zero-order chi connectivity index (χ0) is 15.1. The van der Waals surface area contributed by atoms with Crippen molar-refractivity contribution < 1.29 is 24.2 Å². The molecule has 1 atom stereocenters. The molecule has 0 bridgehead atoms. The summed E-state index contributed by atoms with van der Waals surface area (Å²) in [4.78, 5) is 37.6.